The van der Waals surface area contributed by atoms with Gasteiger partial charge in [0.15, 0.2) is 0 Å². The average Bonchev–Trinajstić information content (AvgIpc) is 2.78. The van der Waals surface area contributed by atoms with Crippen molar-refractivity contribution in [2.24, 2.45) is 0 Å². The predicted molar refractivity (Wildman–Crippen MR) is 78.2 cm³/mol. The van der Waals surface area contributed by atoms with Crippen molar-refractivity contribution in [2.75, 3.05) is 13.6 Å². The summed E-state index contributed by atoms with van der Waals surface area (Å²) in [5, 5.41) is 0. The van der Waals surface area contributed by atoms with Gasteiger partial charge in [0.05, 0.1) is 0 Å². The fraction of sp³-hybridized carbons (Fsp3) is 0.438. The Balaban J connectivity index is 1.87. The Bertz CT molecular complexity index is 552. The van der Waals surface area contributed by atoms with Crippen molar-refractivity contribution in [3.63, 3.8) is 0 Å². The highest BCUT2D eigenvalue weighted by Crippen LogP contribution is 2.13. The van der Waals surface area contributed by atoms with Gasteiger partial charge in [0.25, 0.3) is 0 Å². The fourth-order valence-electron chi connectivity index (χ4n) is 2.40. The molecule has 112 valence electrons. The zero-order valence-corrected chi connectivity index (χ0v) is 12.5. The maximum Gasteiger partial charge on any atom is 0.229 e. The number of hydrogen-bond acceptors (Lipinski definition) is 3. The fourth-order valence-corrected chi connectivity index (χ4v) is 2.40. The molecule has 0 atom stereocenters. The van der Waals surface area contributed by atoms with E-state index in [4.69, 9.17) is 0 Å². The van der Waals surface area contributed by atoms with Crippen LogP contribution in [0.1, 0.15) is 30.4 Å². The van der Waals surface area contributed by atoms with Crippen LogP contribution in [0.5, 0.6) is 0 Å². The van der Waals surface area contributed by atoms with Gasteiger partial charge in [0, 0.05) is 39.4 Å². The Morgan fingerprint density at radius 3 is 2.43 bits per heavy atom. The highest BCUT2D eigenvalue weighted by Gasteiger charge is 2.29. The lowest BCUT2D eigenvalue weighted by molar-refractivity contribution is -0.139. The Morgan fingerprint density at radius 2 is 1.81 bits per heavy atom. The molecule has 1 aliphatic heterocycles. The standard InChI is InChI=1S/C16H20N2O3/c1-12-5-3-4-6-13(12)11-17(2)14(19)9-10-18-15(20)7-8-16(18)21/h3-6H,7-11H2,1-2H3. The zero-order valence-electron chi connectivity index (χ0n) is 12.5. The van der Waals surface area contributed by atoms with Gasteiger partial charge >= 0.3 is 0 Å². The first-order chi connectivity index (χ1) is 9.99. The zero-order chi connectivity index (χ0) is 15.4. The van der Waals surface area contributed by atoms with E-state index in [9.17, 15) is 14.4 Å². The van der Waals surface area contributed by atoms with Crippen molar-refractivity contribution in [3.8, 4) is 0 Å². The molecule has 5 nitrogen and oxygen atoms in total. The van der Waals surface area contributed by atoms with Crippen LogP contribution in [0.25, 0.3) is 0 Å². The normalized spacial score (nSPS) is 14.7. The Kier molecular flexibility index (Phi) is 4.73. The number of carbonyl (C=O) groups is 3. The molecule has 1 heterocycles. The molecule has 0 bridgehead atoms. The van der Waals surface area contributed by atoms with Crippen LogP contribution in [0, 0.1) is 6.92 Å². The number of hydrogen-bond donors (Lipinski definition) is 0. The van der Waals surface area contributed by atoms with Gasteiger partial charge < -0.3 is 4.90 Å². The number of aryl methyl sites for hydroxylation is 1. The Morgan fingerprint density at radius 1 is 1.19 bits per heavy atom. The summed E-state index contributed by atoms with van der Waals surface area (Å²) in [7, 11) is 1.74. The number of likely N-dealkylation sites (tertiary alicyclic amines) is 1. The highest BCUT2D eigenvalue weighted by atomic mass is 16.2. The van der Waals surface area contributed by atoms with Crippen LogP contribution in [-0.2, 0) is 20.9 Å². The second-order valence-corrected chi connectivity index (χ2v) is 5.37. The summed E-state index contributed by atoms with van der Waals surface area (Å²) in [6.07, 6.45) is 0.720. The van der Waals surface area contributed by atoms with E-state index in [0.717, 1.165) is 11.1 Å². The number of carbonyl (C=O) groups excluding carboxylic acids is 3. The van der Waals surface area contributed by atoms with Crippen LogP contribution < -0.4 is 0 Å². The van der Waals surface area contributed by atoms with E-state index in [2.05, 4.69) is 0 Å². The first kappa shape index (κ1) is 15.2. The van der Waals surface area contributed by atoms with E-state index in [1.807, 2.05) is 31.2 Å². The summed E-state index contributed by atoms with van der Waals surface area (Å²) >= 11 is 0. The summed E-state index contributed by atoms with van der Waals surface area (Å²) in [5.41, 5.74) is 2.24. The third-order valence-corrected chi connectivity index (χ3v) is 3.80. The van der Waals surface area contributed by atoms with Gasteiger partial charge in [0.1, 0.15) is 0 Å². The minimum absolute atomic E-state index is 0.0641. The van der Waals surface area contributed by atoms with Gasteiger partial charge in [-0.3, -0.25) is 19.3 Å². The number of imide groups is 1. The van der Waals surface area contributed by atoms with Crippen LogP contribution in [0.3, 0.4) is 0 Å². The highest BCUT2D eigenvalue weighted by molar-refractivity contribution is 6.02. The Labute approximate surface area is 124 Å². The van der Waals surface area contributed by atoms with Crippen LogP contribution in [0.4, 0.5) is 0 Å². The van der Waals surface area contributed by atoms with Crippen LogP contribution >= 0.6 is 0 Å². The summed E-state index contributed by atoms with van der Waals surface area (Å²) in [5.74, 6) is -0.408. The third kappa shape index (κ3) is 3.68. The van der Waals surface area contributed by atoms with E-state index in [0.29, 0.717) is 6.54 Å². The van der Waals surface area contributed by atoms with Gasteiger partial charge in [-0.05, 0) is 18.1 Å². The molecule has 1 fully saturated rings. The molecule has 1 aromatic rings. The lowest BCUT2D eigenvalue weighted by Gasteiger charge is -2.20. The van der Waals surface area contributed by atoms with E-state index in [1.54, 1.807) is 11.9 Å². The van der Waals surface area contributed by atoms with Crippen molar-refractivity contribution in [1.29, 1.82) is 0 Å². The molecule has 0 aliphatic carbocycles. The molecule has 3 amide bonds. The predicted octanol–water partition coefficient (Wildman–Crippen LogP) is 1.49. The number of nitrogens with zero attached hydrogens (tertiary/aromatic N) is 2. The van der Waals surface area contributed by atoms with Gasteiger partial charge in [-0.1, -0.05) is 24.3 Å². The maximum absolute atomic E-state index is 12.1. The summed E-state index contributed by atoms with van der Waals surface area (Å²) < 4.78 is 0. The van der Waals surface area contributed by atoms with E-state index >= 15 is 0 Å². The van der Waals surface area contributed by atoms with E-state index in [1.165, 1.54) is 4.90 Å². The number of rotatable bonds is 5. The molecular formula is C16H20N2O3. The molecule has 0 saturated carbocycles. The molecule has 0 spiro atoms. The van der Waals surface area contributed by atoms with Gasteiger partial charge in [0.2, 0.25) is 17.7 Å². The Hall–Kier alpha value is -2.17. The van der Waals surface area contributed by atoms with Crippen molar-refractivity contribution < 1.29 is 14.4 Å². The van der Waals surface area contributed by atoms with Gasteiger partial charge in [-0.25, -0.2) is 0 Å². The minimum Gasteiger partial charge on any atom is -0.341 e. The molecule has 2 rings (SSSR count). The largest absolute Gasteiger partial charge is 0.341 e. The smallest absolute Gasteiger partial charge is 0.229 e. The molecule has 0 N–H and O–H groups in total. The first-order valence-corrected chi connectivity index (χ1v) is 7.10. The molecule has 0 unspecified atom stereocenters. The van der Waals surface area contributed by atoms with Crippen LogP contribution in [0.15, 0.2) is 24.3 Å². The lowest BCUT2D eigenvalue weighted by Crippen LogP contribution is -2.34. The van der Waals surface area contributed by atoms with Gasteiger partial charge in [-0.15, -0.1) is 0 Å². The minimum atomic E-state index is -0.172. The maximum atomic E-state index is 12.1. The molecule has 21 heavy (non-hydrogen) atoms. The number of amides is 3. The van der Waals surface area contributed by atoms with Crippen LogP contribution in [0.2, 0.25) is 0 Å². The summed E-state index contributed by atoms with van der Waals surface area (Å²) in [6.45, 7) is 2.73. The van der Waals surface area contributed by atoms with Gasteiger partial charge in [-0.2, -0.15) is 0 Å². The molecule has 1 aliphatic rings. The molecular weight excluding hydrogens is 268 g/mol. The van der Waals surface area contributed by atoms with Crippen molar-refractivity contribution in [1.82, 2.24) is 9.80 Å². The molecule has 5 heteroatoms. The monoisotopic (exact) mass is 288 g/mol. The quantitative estimate of drug-likeness (QED) is 0.771. The molecule has 0 radical (unpaired) electrons. The van der Waals surface area contributed by atoms with Crippen molar-refractivity contribution in [3.05, 3.63) is 35.4 Å². The SMILES string of the molecule is Cc1ccccc1CN(C)C(=O)CCN1C(=O)CCC1=O. The molecule has 1 aromatic carbocycles. The number of benzene rings is 1. The third-order valence-electron chi connectivity index (χ3n) is 3.80. The summed E-state index contributed by atoms with van der Waals surface area (Å²) in [6, 6.07) is 7.91. The topological polar surface area (TPSA) is 57.7 Å². The van der Waals surface area contributed by atoms with Crippen molar-refractivity contribution in [2.45, 2.75) is 32.7 Å². The second kappa shape index (κ2) is 6.52. The van der Waals surface area contributed by atoms with Crippen LogP contribution in [-0.4, -0.2) is 41.1 Å². The van der Waals surface area contributed by atoms with E-state index < -0.39 is 0 Å². The van der Waals surface area contributed by atoms with E-state index in [-0.39, 0.29) is 43.5 Å². The second-order valence-electron chi connectivity index (χ2n) is 5.37. The first-order valence-electron chi connectivity index (χ1n) is 7.10. The molecule has 1 saturated heterocycles. The summed E-state index contributed by atoms with van der Waals surface area (Å²) in [4.78, 5) is 37.9. The van der Waals surface area contributed by atoms with Crippen molar-refractivity contribution >= 4 is 17.7 Å². The molecule has 0 aromatic heterocycles. The lowest BCUT2D eigenvalue weighted by atomic mass is 10.1. The average molecular weight is 288 g/mol.